The summed E-state index contributed by atoms with van der Waals surface area (Å²) in [5, 5.41) is 0. The molecule has 3 aromatic rings. The van der Waals surface area contributed by atoms with Crippen LogP contribution in [0.15, 0.2) is 22.8 Å². The molecule has 2 N–H and O–H groups in total. The number of anilines is 1. The van der Waals surface area contributed by atoms with Crippen LogP contribution in [-0.4, -0.2) is 19.5 Å². The van der Waals surface area contributed by atoms with E-state index in [2.05, 4.69) is 52.1 Å². The lowest BCUT2D eigenvalue weighted by Crippen LogP contribution is -2.10. The first kappa shape index (κ1) is 18.0. The van der Waals surface area contributed by atoms with E-state index in [1.54, 1.807) is 12.3 Å². The minimum absolute atomic E-state index is 0.348. The average molecular weight is 351 g/mol. The first-order chi connectivity index (χ1) is 12.6. The van der Waals surface area contributed by atoms with Gasteiger partial charge in [0.25, 0.3) is 0 Å². The van der Waals surface area contributed by atoms with Crippen LogP contribution in [0.4, 0.5) is 5.82 Å². The van der Waals surface area contributed by atoms with Gasteiger partial charge in [0, 0.05) is 13.0 Å². The molecule has 1 atom stereocenters. The van der Waals surface area contributed by atoms with E-state index < -0.39 is 0 Å². The summed E-state index contributed by atoms with van der Waals surface area (Å²) >= 11 is 0. The molecule has 3 rings (SSSR count). The third kappa shape index (κ3) is 3.72. The van der Waals surface area contributed by atoms with E-state index in [1.165, 1.54) is 0 Å². The van der Waals surface area contributed by atoms with Crippen LogP contribution in [0.2, 0.25) is 0 Å². The molecular weight excluding hydrogens is 326 g/mol. The second-order valence-electron chi connectivity index (χ2n) is 6.55. The zero-order valence-corrected chi connectivity index (χ0v) is 15.6. The van der Waals surface area contributed by atoms with Crippen molar-refractivity contribution in [1.29, 1.82) is 0 Å². The molecular formula is C20H25N5O. The molecule has 0 fully saturated rings. The summed E-state index contributed by atoms with van der Waals surface area (Å²) < 4.78 is 7.49. The van der Waals surface area contributed by atoms with E-state index in [0.717, 1.165) is 32.2 Å². The highest BCUT2D eigenvalue weighted by atomic mass is 16.3. The molecule has 3 heterocycles. The maximum Gasteiger partial charge on any atom is 0.199 e. The maximum atomic E-state index is 6.17. The highest BCUT2D eigenvalue weighted by molar-refractivity contribution is 5.84. The average Bonchev–Trinajstić information content (AvgIpc) is 3.28. The molecule has 0 aliphatic heterocycles. The third-order valence-electron chi connectivity index (χ3n) is 4.41. The van der Waals surface area contributed by atoms with Crippen molar-refractivity contribution < 1.29 is 4.42 Å². The number of imidazole rings is 1. The van der Waals surface area contributed by atoms with E-state index >= 15 is 0 Å². The highest BCUT2D eigenvalue weighted by Crippen LogP contribution is 2.25. The van der Waals surface area contributed by atoms with Crippen molar-refractivity contribution in [2.45, 2.75) is 53.0 Å². The molecule has 6 heteroatoms. The zero-order chi connectivity index (χ0) is 18.5. The van der Waals surface area contributed by atoms with Crippen molar-refractivity contribution in [2.75, 3.05) is 5.73 Å². The van der Waals surface area contributed by atoms with Gasteiger partial charge in [0.2, 0.25) is 0 Å². The van der Waals surface area contributed by atoms with Gasteiger partial charge in [-0.2, -0.15) is 0 Å². The van der Waals surface area contributed by atoms with Gasteiger partial charge >= 0.3 is 0 Å². The Morgan fingerprint density at radius 2 is 2.12 bits per heavy atom. The van der Waals surface area contributed by atoms with E-state index in [-0.39, 0.29) is 0 Å². The van der Waals surface area contributed by atoms with Crippen molar-refractivity contribution >= 4 is 17.0 Å². The lowest BCUT2D eigenvalue weighted by Gasteiger charge is -2.11. The minimum Gasteiger partial charge on any atom is -0.461 e. The van der Waals surface area contributed by atoms with Gasteiger partial charge in [0.15, 0.2) is 34.4 Å². The molecule has 1 unspecified atom stereocenters. The van der Waals surface area contributed by atoms with Gasteiger partial charge in [0.05, 0.1) is 6.26 Å². The molecule has 6 nitrogen and oxygen atoms in total. The Kier molecular flexibility index (Phi) is 5.57. The smallest absolute Gasteiger partial charge is 0.199 e. The summed E-state index contributed by atoms with van der Waals surface area (Å²) in [7, 11) is 0. The number of nitrogens with zero attached hydrogens (tertiary/aromatic N) is 4. The summed E-state index contributed by atoms with van der Waals surface area (Å²) in [4.78, 5) is 13.7. The van der Waals surface area contributed by atoms with Crippen LogP contribution in [0, 0.1) is 17.8 Å². The molecule has 0 saturated heterocycles. The summed E-state index contributed by atoms with van der Waals surface area (Å²) in [5.74, 6) is 9.01. The van der Waals surface area contributed by atoms with Crippen LogP contribution in [0.25, 0.3) is 22.7 Å². The number of nitrogen functional groups attached to an aromatic ring is 1. The second kappa shape index (κ2) is 8.05. The first-order valence-electron chi connectivity index (χ1n) is 9.20. The number of fused-ring (bicyclic) bond motifs is 1. The van der Waals surface area contributed by atoms with Gasteiger partial charge in [0.1, 0.15) is 0 Å². The lowest BCUT2D eigenvalue weighted by molar-refractivity contribution is 0.472. The van der Waals surface area contributed by atoms with Crippen LogP contribution in [-0.2, 0) is 6.54 Å². The molecule has 0 aliphatic rings. The molecule has 0 radical (unpaired) electrons. The Bertz CT molecular complexity index is 931. The van der Waals surface area contributed by atoms with E-state index in [1.807, 2.05) is 6.07 Å². The zero-order valence-electron chi connectivity index (χ0n) is 15.6. The number of hydrogen-bond acceptors (Lipinski definition) is 5. The fourth-order valence-corrected chi connectivity index (χ4v) is 2.65. The monoisotopic (exact) mass is 351 g/mol. The maximum absolute atomic E-state index is 6.17. The van der Waals surface area contributed by atoms with Crippen molar-refractivity contribution in [3.8, 4) is 23.4 Å². The predicted octanol–water partition coefficient (Wildman–Crippen LogP) is 4.26. The fourth-order valence-electron chi connectivity index (χ4n) is 2.65. The largest absolute Gasteiger partial charge is 0.461 e. The van der Waals surface area contributed by atoms with Crippen LogP contribution >= 0.6 is 0 Å². The lowest BCUT2D eigenvalue weighted by atomic mass is 10.1. The number of nitrogens with two attached hydrogens (primary N) is 1. The standard InChI is InChI=1S/C20H25N5O/c1-4-6-7-8-11-16-22-17-18(21)23-19(15-10-9-12-26-15)24-20(17)25(16)13-14(3)5-2/h9-10,12,14H,4-7,13H2,1-3H3,(H2,21,23,24). The van der Waals surface area contributed by atoms with Crippen molar-refractivity contribution in [1.82, 2.24) is 19.5 Å². The molecule has 0 saturated carbocycles. The molecule has 136 valence electrons. The Morgan fingerprint density at radius 3 is 2.81 bits per heavy atom. The van der Waals surface area contributed by atoms with Gasteiger partial charge in [-0.15, -0.1) is 0 Å². The van der Waals surface area contributed by atoms with Gasteiger partial charge in [-0.25, -0.2) is 15.0 Å². The summed E-state index contributed by atoms with van der Waals surface area (Å²) in [6.07, 6.45) is 5.74. The number of hydrogen-bond donors (Lipinski definition) is 1. The second-order valence-corrected chi connectivity index (χ2v) is 6.55. The van der Waals surface area contributed by atoms with E-state index in [9.17, 15) is 0 Å². The summed E-state index contributed by atoms with van der Waals surface area (Å²) in [6.45, 7) is 7.33. The van der Waals surface area contributed by atoms with Gasteiger partial charge in [-0.3, -0.25) is 0 Å². The van der Waals surface area contributed by atoms with Crippen molar-refractivity contribution in [3.63, 3.8) is 0 Å². The molecule has 0 bridgehead atoms. The van der Waals surface area contributed by atoms with Gasteiger partial charge in [-0.05, 0) is 30.4 Å². The summed E-state index contributed by atoms with van der Waals surface area (Å²) in [6, 6.07) is 3.63. The Labute approximate surface area is 153 Å². The molecule has 3 aromatic heterocycles. The SMILES string of the molecule is CCCCC#Cc1nc2c(N)nc(-c3ccco3)nc2n1CC(C)CC. The fraction of sp³-hybridized carbons (Fsp3) is 0.450. The van der Waals surface area contributed by atoms with Crippen LogP contribution in [0.5, 0.6) is 0 Å². The molecule has 0 aliphatic carbocycles. The van der Waals surface area contributed by atoms with Crippen molar-refractivity contribution in [2.24, 2.45) is 5.92 Å². The van der Waals surface area contributed by atoms with Crippen LogP contribution in [0.3, 0.4) is 0 Å². The summed E-state index contributed by atoms with van der Waals surface area (Å²) in [5.41, 5.74) is 7.48. The molecule has 0 amide bonds. The normalized spacial score (nSPS) is 12.1. The molecule has 26 heavy (non-hydrogen) atoms. The number of unbranched alkanes of at least 4 members (excludes halogenated alkanes) is 2. The Morgan fingerprint density at radius 1 is 1.27 bits per heavy atom. The molecule has 0 spiro atoms. The number of furan rings is 1. The van der Waals surface area contributed by atoms with Crippen LogP contribution < -0.4 is 5.73 Å². The first-order valence-corrected chi connectivity index (χ1v) is 9.20. The predicted molar refractivity (Wildman–Crippen MR) is 103 cm³/mol. The highest BCUT2D eigenvalue weighted by Gasteiger charge is 2.18. The number of rotatable bonds is 6. The third-order valence-corrected chi connectivity index (χ3v) is 4.41. The van der Waals surface area contributed by atoms with Gasteiger partial charge < -0.3 is 14.7 Å². The molecule has 0 aromatic carbocycles. The Hall–Kier alpha value is -2.81. The number of aromatic nitrogens is 4. The Balaban J connectivity index is 2.12. The van der Waals surface area contributed by atoms with Crippen molar-refractivity contribution in [3.05, 3.63) is 24.2 Å². The minimum atomic E-state index is 0.348. The topological polar surface area (TPSA) is 82.8 Å². The van der Waals surface area contributed by atoms with Gasteiger partial charge in [-0.1, -0.05) is 39.5 Å². The quantitative estimate of drug-likeness (QED) is 0.530. The van der Waals surface area contributed by atoms with Crippen LogP contribution in [0.1, 0.15) is 52.3 Å². The van der Waals surface area contributed by atoms with E-state index in [0.29, 0.717) is 40.3 Å². The van der Waals surface area contributed by atoms with E-state index in [4.69, 9.17) is 10.2 Å².